The van der Waals surface area contributed by atoms with E-state index < -0.39 is 0 Å². The smallest absolute Gasteiger partial charge is 0.324 e. The summed E-state index contributed by atoms with van der Waals surface area (Å²) in [5, 5.41) is 0. The van der Waals surface area contributed by atoms with E-state index in [1.807, 2.05) is 6.92 Å². The Labute approximate surface area is 69.2 Å². The molecule has 8 heavy (non-hydrogen) atoms. The molecule has 0 amide bonds. The Morgan fingerprint density at radius 1 is 1.75 bits per heavy atom. The third-order valence-electron chi connectivity index (χ3n) is 0.540. The van der Waals surface area contributed by atoms with E-state index in [4.69, 9.17) is 0 Å². The van der Waals surface area contributed by atoms with Gasteiger partial charge >= 0.3 is 5.97 Å². The zero-order chi connectivity index (χ0) is 5.70. The van der Waals surface area contributed by atoms with Gasteiger partial charge in [-0.05, 0) is 6.42 Å². The molecular formula is C4H7AgClO2. The van der Waals surface area contributed by atoms with Crippen LogP contribution in [0.25, 0.3) is 0 Å². The summed E-state index contributed by atoms with van der Waals surface area (Å²) in [6.45, 7) is 1.88. The molecule has 0 aliphatic heterocycles. The van der Waals surface area contributed by atoms with Gasteiger partial charge in [0.25, 0.3) is 0 Å². The maximum Gasteiger partial charge on any atom is 0.324 e. The van der Waals surface area contributed by atoms with E-state index in [0.29, 0.717) is 6.42 Å². The summed E-state index contributed by atoms with van der Waals surface area (Å²) in [5.74, 6) is -0.357. The molecule has 0 saturated heterocycles. The van der Waals surface area contributed by atoms with Crippen molar-refractivity contribution in [1.82, 2.24) is 0 Å². The van der Waals surface area contributed by atoms with Crippen LogP contribution in [0.5, 0.6) is 0 Å². The predicted molar refractivity (Wildman–Crippen MR) is 26.9 cm³/mol. The van der Waals surface area contributed by atoms with Crippen LogP contribution in [0.3, 0.4) is 0 Å². The maximum atomic E-state index is 10.1. The van der Waals surface area contributed by atoms with Crippen molar-refractivity contribution in [3.63, 3.8) is 0 Å². The van der Waals surface area contributed by atoms with E-state index in [0.717, 1.165) is 6.42 Å². The molecule has 0 aliphatic carbocycles. The van der Waals surface area contributed by atoms with Crippen molar-refractivity contribution in [1.29, 1.82) is 0 Å². The topological polar surface area (TPSA) is 26.3 Å². The molecule has 4 heteroatoms. The summed E-state index contributed by atoms with van der Waals surface area (Å²) in [5.41, 5.74) is 0. The second kappa shape index (κ2) is 7.50. The van der Waals surface area contributed by atoms with Crippen molar-refractivity contribution >= 4 is 17.8 Å². The molecule has 0 bridgehead atoms. The fourth-order valence-electron chi connectivity index (χ4n) is 0.243. The maximum absolute atomic E-state index is 10.1. The molecule has 0 aliphatic rings. The first-order valence-electron chi connectivity index (χ1n) is 2.12. The largest absolute Gasteiger partial charge is 0.348 e. The van der Waals surface area contributed by atoms with Gasteiger partial charge in [-0.3, -0.25) is 4.79 Å². The molecule has 0 N–H and O–H groups in total. The fraction of sp³-hybridized carbons (Fsp3) is 0.750. The van der Waals surface area contributed by atoms with E-state index in [9.17, 15) is 4.79 Å². The molecule has 0 aromatic rings. The van der Waals surface area contributed by atoms with E-state index in [1.54, 1.807) is 0 Å². The summed E-state index contributed by atoms with van der Waals surface area (Å²) in [6.07, 6.45) is 1.19. The van der Waals surface area contributed by atoms with Gasteiger partial charge in [-0.1, -0.05) is 6.92 Å². The minimum Gasteiger partial charge on any atom is -0.348 e. The standard InChI is InChI=1S/C4H7ClO2.Ag/c1-2-3-4(6)7-5;/h2-3H2,1H3;. The van der Waals surface area contributed by atoms with Crippen molar-refractivity contribution in [2.24, 2.45) is 0 Å². The van der Waals surface area contributed by atoms with Gasteiger partial charge in [0.2, 0.25) is 0 Å². The number of hydrogen-bond acceptors (Lipinski definition) is 2. The first kappa shape index (κ1) is 11.3. The van der Waals surface area contributed by atoms with Crippen LogP contribution in [0.1, 0.15) is 19.8 Å². The zero-order valence-corrected chi connectivity index (χ0v) is 6.65. The molecule has 2 nitrogen and oxygen atoms in total. The van der Waals surface area contributed by atoms with Crippen molar-refractivity contribution in [2.45, 2.75) is 19.8 Å². The van der Waals surface area contributed by atoms with Crippen LogP contribution >= 0.6 is 11.9 Å². The second-order valence-corrected chi connectivity index (χ2v) is 1.35. The fourth-order valence-corrected chi connectivity index (χ4v) is 0.320. The number of rotatable bonds is 2. The molecule has 0 atom stereocenters. The molecule has 0 spiro atoms. The molecule has 0 unspecified atom stereocenters. The van der Waals surface area contributed by atoms with Gasteiger partial charge in [-0.2, -0.15) is 0 Å². The Bertz CT molecular complexity index is 67.1. The van der Waals surface area contributed by atoms with Crippen LogP contribution in [0.15, 0.2) is 0 Å². The summed E-state index contributed by atoms with van der Waals surface area (Å²) in [7, 11) is 0. The van der Waals surface area contributed by atoms with Crippen molar-refractivity contribution < 1.29 is 31.5 Å². The van der Waals surface area contributed by atoms with Gasteiger partial charge in [0.1, 0.15) is 11.9 Å². The van der Waals surface area contributed by atoms with Crippen LogP contribution in [-0.2, 0) is 31.5 Å². The summed E-state index contributed by atoms with van der Waals surface area (Å²) in [6, 6.07) is 0. The molecule has 0 rings (SSSR count). The summed E-state index contributed by atoms with van der Waals surface area (Å²) >= 11 is 4.68. The van der Waals surface area contributed by atoms with Gasteiger partial charge in [0.05, 0.1) is 0 Å². The molecule has 1 radical (unpaired) electrons. The first-order valence-corrected chi connectivity index (χ1v) is 2.43. The number of hydrogen-bond donors (Lipinski definition) is 0. The van der Waals surface area contributed by atoms with Crippen molar-refractivity contribution in [2.75, 3.05) is 0 Å². The van der Waals surface area contributed by atoms with Crippen LogP contribution in [0, 0.1) is 0 Å². The van der Waals surface area contributed by atoms with E-state index in [-0.39, 0.29) is 28.3 Å². The monoisotopic (exact) mass is 229 g/mol. The van der Waals surface area contributed by atoms with E-state index in [2.05, 4.69) is 16.2 Å². The Morgan fingerprint density at radius 3 is 2.38 bits per heavy atom. The average molecular weight is 230 g/mol. The summed E-state index contributed by atoms with van der Waals surface area (Å²) in [4.78, 5) is 10.1. The first-order chi connectivity index (χ1) is 3.31. The quantitative estimate of drug-likeness (QED) is 0.672. The van der Waals surface area contributed by atoms with Gasteiger partial charge in [-0.15, -0.1) is 0 Å². The molecule has 53 valence electrons. The van der Waals surface area contributed by atoms with Crippen LogP contribution in [0.2, 0.25) is 0 Å². The Kier molecular flexibility index (Phi) is 10.6. The average Bonchev–Trinajstić information content (AvgIpc) is 1.68. The van der Waals surface area contributed by atoms with Crippen molar-refractivity contribution in [3.8, 4) is 0 Å². The van der Waals surface area contributed by atoms with Gasteiger partial charge in [0, 0.05) is 28.8 Å². The number of carbonyl (C=O) groups is 1. The van der Waals surface area contributed by atoms with Crippen LogP contribution in [0.4, 0.5) is 0 Å². The molecule has 0 aromatic heterocycles. The zero-order valence-electron chi connectivity index (χ0n) is 4.41. The molecule has 0 fully saturated rings. The Balaban J connectivity index is 0. The van der Waals surface area contributed by atoms with Gasteiger partial charge in [0.15, 0.2) is 0 Å². The molecular weight excluding hydrogens is 223 g/mol. The SMILES string of the molecule is CCCC(=O)OCl.[Ag]. The normalized spacial score (nSPS) is 7.25. The third-order valence-corrected chi connectivity index (χ3v) is 0.712. The van der Waals surface area contributed by atoms with Crippen molar-refractivity contribution in [3.05, 3.63) is 0 Å². The molecule has 0 heterocycles. The third kappa shape index (κ3) is 6.50. The van der Waals surface area contributed by atoms with E-state index >= 15 is 0 Å². The number of carbonyl (C=O) groups excluding carboxylic acids is 1. The molecule has 0 aromatic carbocycles. The van der Waals surface area contributed by atoms with E-state index in [1.165, 1.54) is 0 Å². The Hall–Kier alpha value is 0.500. The minimum atomic E-state index is -0.357. The summed E-state index contributed by atoms with van der Waals surface area (Å²) < 4.78 is 3.82. The predicted octanol–water partition coefficient (Wildman–Crippen LogP) is 1.48. The van der Waals surface area contributed by atoms with Crippen LogP contribution < -0.4 is 0 Å². The van der Waals surface area contributed by atoms with Gasteiger partial charge in [-0.25, -0.2) is 0 Å². The Morgan fingerprint density at radius 2 is 2.25 bits per heavy atom. The number of halogens is 1. The van der Waals surface area contributed by atoms with Gasteiger partial charge < -0.3 is 4.29 Å². The molecule has 0 saturated carbocycles. The second-order valence-electron chi connectivity index (χ2n) is 1.20. The minimum absolute atomic E-state index is 0. The van der Waals surface area contributed by atoms with Crippen LogP contribution in [-0.4, -0.2) is 5.97 Å².